The summed E-state index contributed by atoms with van der Waals surface area (Å²) in [5.41, 5.74) is 2.47. The SMILES string of the molecule is Cc1cc(C)cc(OCCNC2=NCCCN2)c1. The molecule has 0 bridgehead atoms. The van der Waals surface area contributed by atoms with Gasteiger partial charge < -0.3 is 15.4 Å². The van der Waals surface area contributed by atoms with Gasteiger partial charge in [-0.05, 0) is 43.5 Å². The Morgan fingerprint density at radius 3 is 2.72 bits per heavy atom. The van der Waals surface area contributed by atoms with E-state index in [-0.39, 0.29) is 0 Å². The Morgan fingerprint density at radius 2 is 2.06 bits per heavy atom. The zero-order chi connectivity index (χ0) is 12.8. The van der Waals surface area contributed by atoms with Gasteiger partial charge in [0.05, 0.1) is 6.54 Å². The smallest absolute Gasteiger partial charge is 0.191 e. The molecule has 0 aromatic heterocycles. The van der Waals surface area contributed by atoms with Crippen molar-refractivity contribution in [2.24, 2.45) is 4.99 Å². The van der Waals surface area contributed by atoms with Gasteiger partial charge in [0.25, 0.3) is 0 Å². The molecule has 0 amide bonds. The first-order valence-electron chi connectivity index (χ1n) is 6.47. The van der Waals surface area contributed by atoms with Crippen LogP contribution in [-0.4, -0.2) is 32.2 Å². The van der Waals surface area contributed by atoms with Crippen molar-refractivity contribution in [3.05, 3.63) is 29.3 Å². The lowest BCUT2D eigenvalue weighted by Crippen LogP contribution is -2.42. The van der Waals surface area contributed by atoms with Gasteiger partial charge in [0, 0.05) is 13.1 Å². The molecule has 98 valence electrons. The fourth-order valence-electron chi connectivity index (χ4n) is 2.01. The van der Waals surface area contributed by atoms with E-state index < -0.39 is 0 Å². The molecule has 1 aromatic rings. The van der Waals surface area contributed by atoms with Gasteiger partial charge in [-0.2, -0.15) is 0 Å². The summed E-state index contributed by atoms with van der Waals surface area (Å²) in [6.45, 7) is 7.48. The molecule has 0 saturated carbocycles. The molecular weight excluding hydrogens is 226 g/mol. The van der Waals surface area contributed by atoms with Crippen molar-refractivity contribution >= 4 is 5.96 Å². The van der Waals surface area contributed by atoms with Crippen molar-refractivity contribution in [1.29, 1.82) is 0 Å². The molecule has 4 nitrogen and oxygen atoms in total. The fourth-order valence-corrected chi connectivity index (χ4v) is 2.01. The van der Waals surface area contributed by atoms with Crippen LogP contribution >= 0.6 is 0 Å². The van der Waals surface area contributed by atoms with E-state index in [1.54, 1.807) is 0 Å². The second-order valence-corrected chi connectivity index (χ2v) is 4.61. The van der Waals surface area contributed by atoms with Crippen molar-refractivity contribution in [3.8, 4) is 5.75 Å². The molecule has 0 aliphatic carbocycles. The Labute approximate surface area is 108 Å². The van der Waals surface area contributed by atoms with Gasteiger partial charge in [0.1, 0.15) is 12.4 Å². The van der Waals surface area contributed by atoms with E-state index in [9.17, 15) is 0 Å². The third kappa shape index (κ3) is 3.95. The molecule has 0 radical (unpaired) electrons. The molecular formula is C14H21N3O. The van der Waals surface area contributed by atoms with Crippen LogP contribution < -0.4 is 15.4 Å². The maximum Gasteiger partial charge on any atom is 0.191 e. The highest BCUT2D eigenvalue weighted by Gasteiger charge is 2.02. The van der Waals surface area contributed by atoms with Crippen molar-refractivity contribution < 1.29 is 4.74 Å². The number of nitrogens with one attached hydrogen (secondary N) is 2. The maximum atomic E-state index is 5.71. The van der Waals surface area contributed by atoms with Crippen LogP contribution in [0.15, 0.2) is 23.2 Å². The van der Waals surface area contributed by atoms with Gasteiger partial charge in [-0.3, -0.25) is 4.99 Å². The monoisotopic (exact) mass is 247 g/mol. The number of aliphatic imine (C=N–C) groups is 1. The first-order valence-corrected chi connectivity index (χ1v) is 6.47. The molecule has 1 aliphatic heterocycles. The van der Waals surface area contributed by atoms with Crippen LogP contribution in [0.1, 0.15) is 17.5 Å². The molecule has 2 N–H and O–H groups in total. The van der Waals surface area contributed by atoms with E-state index in [1.165, 1.54) is 11.1 Å². The van der Waals surface area contributed by atoms with Gasteiger partial charge in [-0.1, -0.05) is 6.07 Å². The summed E-state index contributed by atoms with van der Waals surface area (Å²) in [6, 6.07) is 6.26. The minimum Gasteiger partial charge on any atom is -0.492 e. The van der Waals surface area contributed by atoms with Crippen LogP contribution in [-0.2, 0) is 0 Å². The second kappa shape index (κ2) is 6.28. The third-order valence-corrected chi connectivity index (χ3v) is 2.76. The molecule has 0 spiro atoms. The Balaban J connectivity index is 1.73. The average Bonchev–Trinajstić information content (AvgIpc) is 2.35. The molecule has 0 unspecified atom stereocenters. The highest BCUT2D eigenvalue weighted by atomic mass is 16.5. The van der Waals surface area contributed by atoms with Gasteiger partial charge in [-0.15, -0.1) is 0 Å². The van der Waals surface area contributed by atoms with Gasteiger partial charge in [-0.25, -0.2) is 0 Å². The van der Waals surface area contributed by atoms with Crippen LogP contribution in [0.2, 0.25) is 0 Å². The summed E-state index contributed by atoms with van der Waals surface area (Å²) in [5, 5.41) is 6.45. The number of nitrogens with zero attached hydrogens (tertiary/aromatic N) is 1. The average molecular weight is 247 g/mol. The highest BCUT2D eigenvalue weighted by molar-refractivity contribution is 5.80. The fraction of sp³-hybridized carbons (Fsp3) is 0.500. The lowest BCUT2D eigenvalue weighted by Gasteiger charge is -2.16. The Kier molecular flexibility index (Phi) is 4.45. The number of rotatable bonds is 4. The number of benzene rings is 1. The number of guanidine groups is 1. The highest BCUT2D eigenvalue weighted by Crippen LogP contribution is 2.15. The molecule has 1 aliphatic rings. The van der Waals surface area contributed by atoms with E-state index in [4.69, 9.17) is 4.74 Å². The number of hydrogen-bond acceptors (Lipinski definition) is 4. The number of aryl methyl sites for hydroxylation is 2. The van der Waals surface area contributed by atoms with E-state index in [2.05, 4.69) is 47.7 Å². The lowest BCUT2D eigenvalue weighted by molar-refractivity contribution is 0.321. The van der Waals surface area contributed by atoms with Gasteiger partial charge >= 0.3 is 0 Å². The summed E-state index contributed by atoms with van der Waals surface area (Å²) in [5.74, 6) is 1.83. The van der Waals surface area contributed by atoms with Crippen LogP contribution in [0.25, 0.3) is 0 Å². The van der Waals surface area contributed by atoms with Crippen LogP contribution in [0, 0.1) is 13.8 Å². The Bertz CT molecular complexity index is 409. The zero-order valence-electron chi connectivity index (χ0n) is 11.1. The van der Waals surface area contributed by atoms with Crippen LogP contribution in [0.4, 0.5) is 0 Å². The Morgan fingerprint density at radius 1 is 1.28 bits per heavy atom. The molecule has 1 aromatic carbocycles. The van der Waals surface area contributed by atoms with Crippen molar-refractivity contribution in [3.63, 3.8) is 0 Å². The van der Waals surface area contributed by atoms with Gasteiger partial charge in [0.15, 0.2) is 5.96 Å². The maximum absolute atomic E-state index is 5.71. The van der Waals surface area contributed by atoms with Crippen LogP contribution in [0.3, 0.4) is 0 Å². The van der Waals surface area contributed by atoms with E-state index in [1.807, 2.05) is 0 Å². The predicted octanol–water partition coefficient (Wildman–Crippen LogP) is 1.62. The summed E-state index contributed by atoms with van der Waals surface area (Å²) in [7, 11) is 0. The standard InChI is InChI=1S/C14H21N3O/c1-11-8-12(2)10-13(9-11)18-7-6-17-14-15-4-3-5-16-14/h8-10H,3-7H2,1-2H3,(H2,15,16,17). The topological polar surface area (TPSA) is 45.6 Å². The second-order valence-electron chi connectivity index (χ2n) is 4.61. The van der Waals surface area contributed by atoms with Crippen molar-refractivity contribution in [2.75, 3.05) is 26.2 Å². The third-order valence-electron chi connectivity index (χ3n) is 2.76. The molecule has 0 fully saturated rings. The minimum atomic E-state index is 0.642. The molecule has 18 heavy (non-hydrogen) atoms. The molecule has 2 rings (SSSR count). The molecule has 0 atom stereocenters. The zero-order valence-corrected chi connectivity index (χ0v) is 11.1. The van der Waals surface area contributed by atoms with Gasteiger partial charge in [0.2, 0.25) is 0 Å². The number of hydrogen-bond donors (Lipinski definition) is 2. The quantitative estimate of drug-likeness (QED) is 0.795. The van der Waals surface area contributed by atoms with E-state index >= 15 is 0 Å². The van der Waals surface area contributed by atoms with E-state index in [0.717, 1.165) is 37.8 Å². The largest absolute Gasteiger partial charge is 0.492 e. The summed E-state index contributed by atoms with van der Waals surface area (Å²) in [4.78, 5) is 4.34. The summed E-state index contributed by atoms with van der Waals surface area (Å²) in [6.07, 6.45) is 1.12. The predicted molar refractivity (Wildman–Crippen MR) is 74.3 cm³/mol. The summed E-state index contributed by atoms with van der Waals surface area (Å²) < 4.78 is 5.71. The van der Waals surface area contributed by atoms with Crippen LogP contribution in [0.5, 0.6) is 5.75 Å². The summed E-state index contributed by atoms with van der Waals surface area (Å²) >= 11 is 0. The first-order chi connectivity index (χ1) is 8.74. The minimum absolute atomic E-state index is 0.642. The molecule has 4 heteroatoms. The van der Waals surface area contributed by atoms with E-state index in [0.29, 0.717) is 6.61 Å². The Hall–Kier alpha value is -1.71. The molecule has 0 saturated heterocycles. The lowest BCUT2D eigenvalue weighted by atomic mass is 10.1. The normalized spacial score (nSPS) is 14.7. The first kappa shape index (κ1) is 12.7. The number of ether oxygens (including phenoxy) is 1. The van der Waals surface area contributed by atoms with Crippen molar-refractivity contribution in [2.45, 2.75) is 20.3 Å². The van der Waals surface area contributed by atoms with Crippen molar-refractivity contribution in [1.82, 2.24) is 10.6 Å². The molecule has 1 heterocycles.